The summed E-state index contributed by atoms with van der Waals surface area (Å²) in [7, 11) is 0. The molecular formula is C20H20BrClN4O3. The number of fused-ring (bicyclic) bond motifs is 1. The molecule has 0 unspecified atom stereocenters. The molecule has 0 aliphatic rings. The number of hydrogen-bond acceptors (Lipinski definition) is 6. The Labute approximate surface area is 181 Å². The van der Waals surface area contributed by atoms with Crippen molar-refractivity contribution in [3.8, 4) is 5.75 Å². The molecule has 0 atom stereocenters. The summed E-state index contributed by atoms with van der Waals surface area (Å²) in [6.45, 7) is 3.31. The van der Waals surface area contributed by atoms with Crippen LogP contribution in [0.25, 0.3) is 10.9 Å². The summed E-state index contributed by atoms with van der Waals surface area (Å²) in [4.78, 5) is 20.6. The normalized spacial score (nSPS) is 10.7. The van der Waals surface area contributed by atoms with Crippen molar-refractivity contribution >= 4 is 61.5 Å². The average molecular weight is 480 g/mol. The molecule has 0 aliphatic heterocycles. The Morgan fingerprint density at radius 1 is 1.21 bits per heavy atom. The number of halogens is 2. The van der Waals surface area contributed by atoms with E-state index in [1.165, 1.54) is 6.33 Å². The lowest BCUT2D eigenvalue weighted by atomic mass is 10.2. The maximum absolute atomic E-state index is 11.9. The number of hydrogen-bond donors (Lipinski definition) is 2. The van der Waals surface area contributed by atoms with E-state index in [0.717, 1.165) is 15.5 Å². The molecule has 0 aliphatic carbocycles. The van der Waals surface area contributed by atoms with Crippen molar-refractivity contribution in [1.82, 2.24) is 9.97 Å². The number of carbonyl (C=O) groups excluding carboxylic acids is 1. The largest absolute Gasteiger partial charge is 0.489 e. The number of amides is 1. The first-order chi connectivity index (χ1) is 14.1. The summed E-state index contributed by atoms with van der Waals surface area (Å²) in [6.07, 6.45) is 1.48. The third-order valence-corrected chi connectivity index (χ3v) is 4.64. The van der Waals surface area contributed by atoms with Crippen LogP contribution < -0.4 is 15.4 Å². The molecule has 0 spiro atoms. The van der Waals surface area contributed by atoms with Crippen molar-refractivity contribution in [2.75, 3.05) is 36.3 Å². The Bertz CT molecular complexity index is 1000. The molecule has 29 heavy (non-hydrogen) atoms. The Morgan fingerprint density at radius 2 is 2.07 bits per heavy atom. The van der Waals surface area contributed by atoms with Gasteiger partial charge in [-0.25, -0.2) is 9.97 Å². The van der Waals surface area contributed by atoms with Gasteiger partial charge in [0.25, 0.3) is 0 Å². The van der Waals surface area contributed by atoms with Gasteiger partial charge in [0.15, 0.2) is 0 Å². The number of alkyl halides is 1. The third kappa shape index (κ3) is 5.79. The van der Waals surface area contributed by atoms with Crippen LogP contribution in [0.4, 0.5) is 17.2 Å². The number of carbonyl (C=O) groups is 1. The number of aromatic nitrogens is 2. The number of nitrogens with zero attached hydrogens (tertiary/aromatic N) is 2. The highest BCUT2D eigenvalue weighted by Crippen LogP contribution is 2.33. The van der Waals surface area contributed by atoms with E-state index in [2.05, 4.69) is 36.5 Å². The standard InChI is InChI=1S/C20H20BrClN4O3/c1-2-28-6-7-29-18-10-16-15(9-17(18)26-19(27)11-22)20(24-12-23-16)25-14-5-3-4-13(21)8-14/h3-5,8-10,12H,2,6-7,11H2,1H3,(H,26,27)(H,23,24,25). The van der Waals surface area contributed by atoms with Crippen LogP contribution in [0.3, 0.4) is 0 Å². The van der Waals surface area contributed by atoms with Crippen LogP contribution in [-0.4, -0.2) is 41.6 Å². The van der Waals surface area contributed by atoms with E-state index in [1.807, 2.05) is 31.2 Å². The molecule has 2 N–H and O–H groups in total. The number of ether oxygens (including phenoxy) is 2. The zero-order valence-electron chi connectivity index (χ0n) is 15.7. The first kappa shape index (κ1) is 21.3. The second-order valence-corrected chi connectivity index (χ2v) is 7.13. The van der Waals surface area contributed by atoms with Crippen molar-refractivity contribution in [3.05, 3.63) is 47.2 Å². The molecule has 0 saturated carbocycles. The van der Waals surface area contributed by atoms with E-state index in [1.54, 1.807) is 12.1 Å². The van der Waals surface area contributed by atoms with Gasteiger partial charge < -0.3 is 20.1 Å². The lowest BCUT2D eigenvalue weighted by molar-refractivity contribution is -0.113. The van der Waals surface area contributed by atoms with Crippen LogP contribution in [0.1, 0.15) is 6.92 Å². The fraction of sp³-hybridized carbons (Fsp3) is 0.250. The molecule has 0 radical (unpaired) electrons. The van der Waals surface area contributed by atoms with Gasteiger partial charge in [0.2, 0.25) is 5.91 Å². The van der Waals surface area contributed by atoms with E-state index >= 15 is 0 Å². The highest BCUT2D eigenvalue weighted by atomic mass is 79.9. The van der Waals surface area contributed by atoms with E-state index in [9.17, 15) is 4.79 Å². The zero-order chi connectivity index (χ0) is 20.6. The smallest absolute Gasteiger partial charge is 0.239 e. The Balaban J connectivity index is 1.97. The van der Waals surface area contributed by atoms with Crippen molar-refractivity contribution in [2.24, 2.45) is 0 Å². The SMILES string of the molecule is CCOCCOc1cc2ncnc(Nc3cccc(Br)c3)c2cc1NC(=O)CCl. The van der Waals surface area contributed by atoms with Gasteiger partial charge >= 0.3 is 0 Å². The van der Waals surface area contributed by atoms with Gasteiger partial charge in [-0.3, -0.25) is 4.79 Å². The Hall–Kier alpha value is -2.42. The summed E-state index contributed by atoms with van der Waals surface area (Å²) in [6, 6.07) is 11.3. The van der Waals surface area contributed by atoms with Crippen molar-refractivity contribution < 1.29 is 14.3 Å². The molecule has 9 heteroatoms. The Kier molecular flexibility index (Phi) is 7.62. The summed E-state index contributed by atoms with van der Waals surface area (Å²) in [5.74, 6) is 0.599. The van der Waals surface area contributed by atoms with E-state index in [0.29, 0.717) is 42.6 Å². The summed E-state index contributed by atoms with van der Waals surface area (Å²) < 4.78 is 12.0. The van der Waals surface area contributed by atoms with Crippen molar-refractivity contribution in [2.45, 2.75) is 6.92 Å². The minimum absolute atomic E-state index is 0.162. The molecule has 7 nitrogen and oxygen atoms in total. The Morgan fingerprint density at radius 3 is 2.83 bits per heavy atom. The van der Waals surface area contributed by atoms with E-state index in [-0.39, 0.29) is 11.8 Å². The van der Waals surface area contributed by atoms with Crippen LogP contribution >= 0.6 is 27.5 Å². The monoisotopic (exact) mass is 478 g/mol. The molecule has 0 saturated heterocycles. The lowest BCUT2D eigenvalue weighted by Crippen LogP contribution is -2.15. The second kappa shape index (κ2) is 10.4. The third-order valence-electron chi connectivity index (χ3n) is 3.91. The number of nitrogens with one attached hydrogen (secondary N) is 2. The second-order valence-electron chi connectivity index (χ2n) is 5.95. The molecule has 1 heterocycles. The van der Waals surface area contributed by atoms with Gasteiger partial charge in [0, 0.05) is 28.2 Å². The molecule has 1 amide bonds. The first-order valence-corrected chi connectivity index (χ1v) is 10.3. The predicted molar refractivity (Wildman–Crippen MR) is 118 cm³/mol. The average Bonchev–Trinajstić information content (AvgIpc) is 2.71. The van der Waals surface area contributed by atoms with Crippen LogP contribution in [0.15, 0.2) is 47.2 Å². The number of rotatable bonds is 9. The van der Waals surface area contributed by atoms with E-state index < -0.39 is 0 Å². The topological polar surface area (TPSA) is 85.4 Å². The summed E-state index contributed by atoms with van der Waals surface area (Å²) in [5.41, 5.74) is 2.03. The molecule has 0 fully saturated rings. The van der Waals surface area contributed by atoms with Gasteiger partial charge in [-0.05, 0) is 31.2 Å². The zero-order valence-corrected chi connectivity index (χ0v) is 18.1. The highest BCUT2D eigenvalue weighted by Gasteiger charge is 2.13. The minimum Gasteiger partial charge on any atom is -0.489 e. The number of anilines is 3. The summed E-state index contributed by atoms with van der Waals surface area (Å²) in [5, 5.41) is 6.78. The van der Waals surface area contributed by atoms with Crippen LogP contribution in [-0.2, 0) is 9.53 Å². The van der Waals surface area contributed by atoms with Gasteiger partial charge in [-0.15, -0.1) is 11.6 Å². The summed E-state index contributed by atoms with van der Waals surface area (Å²) >= 11 is 9.11. The van der Waals surface area contributed by atoms with Crippen LogP contribution in [0, 0.1) is 0 Å². The molecule has 2 aromatic carbocycles. The maximum atomic E-state index is 11.9. The predicted octanol–water partition coefficient (Wildman–Crippen LogP) is 4.73. The fourth-order valence-electron chi connectivity index (χ4n) is 2.64. The highest BCUT2D eigenvalue weighted by molar-refractivity contribution is 9.10. The van der Waals surface area contributed by atoms with Crippen molar-refractivity contribution in [1.29, 1.82) is 0 Å². The molecule has 152 valence electrons. The van der Waals surface area contributed by atoms with Crippen LogP contribution in [0.2, 0.25) is 0 Å². The van der Waals surface area contributed by atoms with Gasteiger partial charge in [0.1, 0.15) is 30.4 Å². The maximum Gasteiger partial charge on any atom is 0.239 e. The molecule has 3 aromatic rings. The van der Waals surface area contributed by atoms with Crippen LogP contribution in [0.5, 0.6) is 5.75 Å². The molecule has 1 aromatic heterocycles. The van der Waals surface area contributed by atoms with Gasteiger partial charge in [0.05, 0.1) is 17.8 Å². The quantitative estimate of drug-likeness (QED) is 0.341. The molecule has 3 rings (SSSR count). The molecular weight excluding hydrogens is 460 g/mol. The molecule has 0 bridgehead atoms. The fourth-order valence-corrected chi connectivity index (χ4v) is 3.11. The van der Waals surface area contributed by atoms with Crippen molar-refractivity contribution in [3.63, 3.8) is 0 Å². The first-order valence-electron chi connectivity index (χ1n) is 8.98. The van der Waals surface area contributed by atoms with Gasteiger partial charge in [-0.1, -0.05) is 22.0 Å². The van der Waals surface area contributed by atoms with E-state index in [4.69, 9.17) is 21.1 Å². The lowest BCUT2D eigenvalue weighted by Gasteiger charge is -2.15. The number of benzene rings is 2. The van der Waals surface area contributed by atoms with Gasteiger partial charge in [-0.2, -0.15) is 0 Å². The minimum atomic E-state index is -0.334.